The molecule has 0 radical (unpaired) electrons. The molecule has 0 aliphatic carbocycles. The molecule has 1 aliphatic rings. The molecule has 0 aromatic heterocycles. The molecule has 3 N–H and O–H groups in total. The van der Waals surface area contributed by atoms with Gasteiger partial charge >= 0.3 is 5.97 Å². The van der Waals surface area contributed by atoms with Crippen molar-refractivity contribution in [3.8, 4) is 0 Å². The van der Waals surface area contributed by atoms with Crippen LogP contribution in [0.1, 0.15) is 10.4 Å². The summed E-state index contributed by atoms with van der Waals surface area (Å²) in [5.74, 6) is -0.357. The Morgan fingerprint density at radius 2 is 1.85 bits per heavy atom. The van der Waals surface area contributed by atoms with Gasteiger partial charge in [0, 0.05) is 50.6 Å². The number of carbonyl (C=O) groups is 1. The third kappa shape index (κ3) is 4.46. The second-order valence-electron chi connectivity index (χ2n) is 6.39. The van der Waals surface area contributed by atoms with Gasteiger partial charge in [-0.2, -0.15) is 0 Å². The standard InChI is InChI=1S/C20H26N4O2/c1-26-20(25)18-8-7-16(21)15-19(18)22-9-10-23-11-13-24(14-12-23)17-5-3-2-4-6-17/h2-8,15,22H,9-14,21H2,1H3. The van der Waals surface area contributed by atoms with Crippen LogP contribution in [-0.2, 0) is 4.74 Å². The minimum atomic E-state index is -0.357. The van der Waals surface area contributed by atoms with E-state index in [1.807, 2.05) is 6.07 Å². The SMILES string of the molecule is COC(=O)c1ccc(N)cc1NCCN1CCN(c2ccccc2)CC1. The van der Waals surface area contributed by atoms with Crippen LogP contribution in [0.4, 0.5) is 17.1 Å². The Kier molecular flexibility index (Phi) is 5.96. The number of nitrogens with one attached hydrogen (secondary N) is 1. The van der Waals surface area contributed by atoms with Crippen molar-refractivity contribution in [1.29, 1.82) is 0 Å². The molecule has 0 amide bonds. The predicted molar refractivity (Wildman–Crippen MR) is 106 cm³/mol. The number of para-hydroxylation sites is 1. The van der Waals surface area contributed by atoms with Crippen molar-refractivity contribution in [2.75, 3.05) is 62.3 Å². The van der Waals surface area contributed by atoms with Gasteiger partial charge in [0.25, 0.3) is 0 Å². The lowest BCUT2D eigenvalue weighted by Gasteiger charge is -2.36. The van der Waals surface area contributed by atoms with Gasteiger partial charge in [-0.3, -0.25) is 4.90 Å². The molecule has 0 atom stereocenters. The Bertz CT molecular complexity index is 728. The number of hydrogen-bond acceptors (Lipinski definition) is 6. The number of nitrogen functional groups attached to an aromatic ring is 1. The lowest BCUT2D eigenvalue weighted by molar-refractivity contribution is 0.0602. The smallest absolute Gasteiger partial charge is 0.339 e. The van der Waals surface area contributed by atoms with Gasteiger partial charge in [0.1, 0.15) is 0 Å². The zero-order valence-corrected chi connectivity index (χ0v) is 15.1. The largest absolute Gasteiger partial charge is 0.465 e. The molecule has 2 aromatic carbocycles. The van der Waals surface area contributed by atoms with E-state index in [9.17, 15) is 4.79 Å². The number of nitrogens with zero attached hydrogens (tertiary/aromatic N) is 2. The quantitative estimate of drug-likeness (QED) is 0.613. The van der Waals surface area contributed by atoms with Crippen molar-refractivity contribution in [3.05, 3.63) is 54.1 Å². The van der Waals surface area contributed by atoms with Crippen molar-refractivity contribution in [1.82, 2.24) is 4.90 Å². The van der Waals surface area contributed by atoms with E-state index in [0.29, 0.717) is 11.3 Å². The van der Waals surface area contributed by atoms with Crippen LogP contribution in [0.5, 0.6) is 0 Å². The van der Waals surface area contributed by atoms with Crippen LogP contribution in [0.3, 0.4) is 0 Å². The summed E-state index contributed by atoms with van der Waals surface area (Å²) in [7, 11) is 1.38. The molecule has 1 fully saturated rings. The maximum absolute atomic E-state index is 11.9. The molecule has 6 heteroatoms. The van der Waals surface area contributed by atoms with Crippen LogP contribution in [-0.4, -0.2) is 57.2 Å². The molecule has 1 saturated heterocycles. The number of anilines is 3. The summed E-state index contributed by atoms with van der Waals surface area (Å²) in [6.07, 6.45) is 0. The normalized spacial score (nSPS) is 14.9. The van der Waals surface area contributed by atoms with E-state index in [4.69, 9.17) is 10.5 Å². The number of methoxy groups -OCH3 is 1. The van der Waals surface area contributed by atoms with Crippen molar-refractivity contribution >= 4 is 23.0 Å². The summed E-state index contributed by atoms with van der Waals surface area (Å²) in [5, 5.41) is 3.32. The highest BCUT2D eigenvalue weighted by atomic mass is 16.5. The lowest BCUT2D eigenvalue weighted by Crippen LogP contribution is -2.47. The molecule has 1 aliphatic heterocycles. The number of nitrogens with two attached hydrogens (primary N) is 1. The molecule has 26 heavy (non-hydrogen) atoms. The van der Waals surface area contributed by atoms with Crippen molar-refractivity contribution in [2.45, 2.75) is 0 Å². The first-order valence-electron chi connectivity index (χ1n) is 8.91. The summed E-state index contributed by atoms with van der Waals surface area (Å²) < 4.78 is 4.83. The van der Waals surface area contributed by atoms with Crippen LogP contribution in [0.2, 0.25) is 0 Å². The van der Waals surface area contributed by atoms with Crippen LogP contribution in [0, 0.1) is 0 Å². The Morgan fingerprint density at radius 3 is 2.54 bits per heavy atom. The molecule has 1 heterocycles. The van der Waals surface area contributed by atoms with Crippen molar-refractivity contribution in [2.24, 2.45) is 0 Å². The number of benzene rings is 2. The Labute approximate surface area is 154 Å². The van der Waals surface area contributed by atoms with Crippen LogP contribution < -0.4 is 16.0 Å². The van der Waals surface area contributed by atoms with Gasteiger partial charge in [0.15, 0.2) is 0 Å². The van der Waals surface area contributed by atoms with Gasteiger partial charge in [0.2, 0.25) is 0 Å². The van der Waals surface area contributed by atoms with E-state index in [1.165, 1.54) is 12.8 Å². The van der Waals surface area contributed by atoms with Crippen molar-refractivity contribution in [3.63, 3.8) is 0 Å². The van der Waals surface area contributed by atoms with E-state index in [-0.39, 0.29) is 5.97 Å². The first-order chi connectivity index (χ1) is 12.7. The summed E-state index contributed by atoms with van der Waals surface area (Å²) in [4.78, 5) is 16.7. The molecule has 6 nitrogen and oxygen atoms in total. The Hall–Kier alpha value is -2.73. The highest BCUT2D eigenvalue weighted by Crippen LogP contribution is 2.20. The number of hydrogen-bond donors (Lipinski definition) is 2. The minimum absolute atomic E-state index is 0.357. The fourth-order valence-electron chi connectivity index (χ4n) is 3.21. The average molecular weight is 354 g/mol. The second kappa shape index (κ2) is 8.58. The molecule has 0 spiro atoms. The number of ether oxygens (including phenoxy) is 1. The topological polar surface area (TPSA) is 70.8 Å². The molecule has 2 aromatic rings. The summed E-state index contributed by atoms with van der Waals surface area (Å²) in [5.41, 5.74) is 8.98. The zero-order valence-electron chi connectivity index (χ0n) is 15.1. The van der Waals surface area contributed by atoms with Crippen LogP contribution >= 0.6 is 0 Å². The van der Waals surface area contributed by atoms with Gasteiger partial charge in [-0.05, 0) is 30.3 Å². The second-order valence-corrected chi connectivity index (χ2v) is 6.39. The fourth-order valence-corrected chi connectivity index (χ4v) is 3.21. The van der Waals surface area contributed by atoms with Crippen LogP contribution in [0.15, 0.2) is 48.5 Å². The highest BCUT2D eigenvalue weighted by Gasteiger charge is 2.17. The van der Waals surface area contributed by atoms with E-state index >= 15 is 0 Å². The zero-order chi connectivity index (χ0) is 18.4. The predicted octanol–water partition coefficient (Wildman–Crippen LogP) is 2.29. The maximum atomic E-state index is 11.9. The summed E-state index contributed by atoms with van der Waals surface area (Å²) in [6, 6.07) is 15.7. The van der Waals surface area contributed by atoms with Gasteiger partial charge in [-0.15, -0.1) is 0 Å². The summed E-state index contributed by atoms with van der Waals surface area (Å²) in [6.45, 7) is 5.76. The molecular weight excluding hydrogens is 328 g/mol. The molecular formula is C20H26N4O2. The first kappa shape index (κ1) is 18.1. The molecule has 3 rings (SSSR count). The lowest BCUT2D eigenvalue weighted by atomic mass is 10.1. The maximum Gasteiger partial charge on any atom is 0.339 e. The van der Waals surface area contributed by atoms with E-state index < -0.39 is 0 Å². The monoisotopic (exact) mass is 354 g/mol. The first-order valence-corrected chi connectivity index (χ1v) is 8.91. The minimum Gasteiger partial charge on any atom is -0.465 e. The molecule has 0 bridgehead atoms. The number of esters is 1. The van der Waals surface area contributed by atoms with Gasteiger partial charge < -0.3 is 20.7 Å². The Balaban J connectivity index is 1.49. The molecule has 0 saturated carbocycles. The molecule has 138 valence electrons. The van der Waals surface area contributed by atoms with Crippen LogP contribution in [0.25, 0.3) is 0 Å². The van der Waals surface area contributed by atoms with E-state index in [2.05, 4.69) is 39.4 Å². The van der Waals surface area contributed by atoms with Gasteiger partial charge in [-0.1, -0.05) is 18.2 Å². The van der Waals surface area contributed by atoms with Gasteiger partial charge in [-0.25, -0.2) is 4.79 Å². The van der Waals surface area contributed by atoms with Crippen molar-refractivity contribution < 1.29 is 9.53 Å². The fraction of sp³-hybridized carbons (Fsp3) is 0.350. The number of carbonyl (C=O) groups excluding carboxylic acids is 1. The Morgan fingerprint density at radius 1 is 1.12 bits per heavy atom. The molecule has 0 unspecified atom stereocenters. The summed E-state index contributed by atoms with van der Waals surface area (Å²) >= 11 is 0. The highest BCUT2D eigenvalue weighted by molar-refractivity contribution is 5.96. The third-order valence-electron chi connectivity index (χ3n) is 4.69. The van der Waals surface area contributed by atoms with Gasteiger partial charge in [0.05, 0.1) is 18.4 Å². The number of rotatable bonds is 6. The van der Waals surface area contributed by atoms with E-state index in [0.717, 1.165) is 45.0 Å². The number of piperazine rings is 1. The third-order valence-corrected chi connectivity index (χ3v) is 4.69. The average Bonchev–Trinajstić information content (AvgIpc) is 2.69. The van der Waals surface area contributed by atoms with E-state index in [1.54, 1.807) is 18.2 Å².